The molecule has 108 valence electrons. The molecule has 4 aromatic rings. The number of H-pyrrole nitrogens is 1. The van der Waals surface area contributed by atoms with E-state index in [1.807, 2.05) is 65.6 Å². The molecule has 0 amide bonds. The van der Waals surface area contributed by atoms with Crippen molar-refractivity contribution in [3.8, 4) is 11.4 Å². The van der Waals surface area contributed by atoms with Crippen molar-refractivity contribution in [2.24, 2.45) is 0 Å². The van der Waals surface area contributed by atoms with E-state index in [0.29, 0.717) is 6.61 Å². The summed E-state index contributed by atoms with van der Waals surface area (Å²) >= 11 is 0. The van der Waals surface area contributed by atoms with E-state index in [1.54, 1.807) is 6.33 Å². The van der Waals surface area contributed by atoms with Gasteiger partial charge in [-0.1, -0.05) is 18.2 Å². The SMILES string of the molecule is c1ccc(-n2ncc3ccc(OCc4c[nH]cn4)cc32)cc1. The number of benzene rings is 2. The predicted molar refractivity (Wildman–Crippen MR) is 84.0 cm³/mol. The zero-order valence-corrected chi connectivity index (χ0v) is 11.8. The second kappa shape index (κ2) is 5.37. The van der Waals surface area contributed by atoms with Crippen LogP contribution in [0.2, 0.25) is 0 Å². The minimum Gasteiger partial charge on any atom is -0.487 e. The minimum atomic E-state index is 0.439. The first-order valence-electron chi connectivity index (χ1n) is 7.04. The fourth-order valence-corrected chi connectivity index (χ4v) is 2.39. The van der Waals surface area contributed by atoms with Crippen molar-refractivity contribution in [1.29, 1.82) is 0 Å². The Bertz CT molecular complexity index is 882. The summed E-state index contributed by atoms with van der Waals surface area (Å²) in [5.41, 5.74) is 2.92. The number of fused-ring (bicyclic) bond motifs is 1. The van der Waals surface area contributed by atoms with Crippen LogP contribution in [0.15, 0.2) is 67.3 Å². The average Bonchev–Trinajstić information content (AvgIpc) is 3.23. The molecule has 5 heteroatoms. The first-order chi connectivity index (χ1) is 10.9. The maximum Gasteiger partial charge on any atom is 0.132 e. The van der Waals surface area contributed by atoms with Gasteiger partial charge in [-0.2, -0.15) is 5.10 Å². The first-order valence-corrected chi connectivity index (χ1v) is 7.04. The van der Waals surface area contributed by atoms with Gasteiger partial charge >= 0.3 is 0 Å². The number of rotatable bonds is 4. The van der Waals surface area contributed by atoms with Gasteiger partial charge in [0.15, 0.2) is 0 Å². The van der Waals surface area contributed by atoms with Crippen molar-refractivity contribution in [1.82, 2.24) is 19.7 Å². The topological polar surface area (TPSA) is 55.7 Å². The smallest absolute Gasteiger partial charge is 0.132 e. The molecule has 0 radical (unpaired) electrons. The third kappa shape index (κ3) is 2.33. The van der Waals surface area contributed by atoms with Crippen molar-refractivity contribution >= 4 is 10.9 Å². The van der Waals surface area contributed by atoms with Gasteiger partial charge in [0.1, 0.15) is 12.4 Å². The summed E-state index contributed by atoms with van der Waals surface area (Å²) in [4.78, 5) is 7.07. The standard InChI is InChI=1S/C17H14N4O/c1-2-4-15(5-3-1)21-17-8-16(7-6-13(17)9-20-21)22-11-14-10-18-12-19-14/h1-10,12H,11H2,(H,18,19). The molecule has 22 heavy (non-hydrogen) atoms. The fourth-order valence-electron chi connectivity index (χ4n) is 2.39. The molecule has 0 spiro atoms. The van der Waals surface area contributed by atoms with Crippen LogP contribution in [0.4, 0.5) is 0 Å². The highest BCUT2D eigenvalue weighted by Gasteiger charge is 2.06. The fraction of sp³-hybridized carbons (Fsp3) is 0.0588. The van der Waals surface area contributed by atoms with Gasteiger partial charge in [0, 0.05) is 17.6 Å². The molecule has 0 atom stereocenters. The number of hydrogen-bond acceptors (Lipinski definition) is 3. The Kier molecular flexibility index (Phi) is 3.08. The third-order valence-electron chi connectivity index (χ3n) is 3.48. The molecule has 0 saturated carbocycles. The van der Waals surface area contributed by atoms with Gasteiger partial charge < -0.3 is 9.72 Å². The lowest BCUT2D eigenvalue weighted by Crippen LogP contribution is -1.97. The summed E-state index contributed by atoms with van der Waals surface area (Å²) in [6, 6.07) is 16.0. The Morgan fingerprint density at radius 1 is 1.09 bits per heavy atom. The minimum absolute atomic E-state index is 0.439. The molecule has 2 heterocycles. The monoisotopic (exact) mass is 290 g/mol. The van der Waals surface area contributed by atoms with Crippen LogP contribution in [0.3, 0.4) is 0 Å². The molecule has 0 aliphatic rings. The highest BCUT2D eigenvalue weighted by atomic mass is 16.5. The highest BCUT2D eigenvalue weighted by Crippen LogP contribution is 2.23. The number of aromatic amines is 1. The molecule has 5 nitrogen and oxygen atoms in total. The molecule has 1 N–H and O–H groups in total. The van der Waals surface area contributed by atoms with Crippen LogP contribution in [0.5, 0.6) is 5.75 Å². The number of hydrogen-bond donors (Lipinski definition) is 1. The van der Waals surface area contributed by atoms with E-state index in [9.17, 15) is 0 Å². The zero-order chi connectivity index (χ0) is 14.8. The third-order valence-corrected chi connectivity index (χ3v) is 3.48. The summed E-state index contributed by atoms with van der Waals surface area (Å²) in [5, 5.41) is 5.54. The summed E-state index contributed by atoms with van der Waals surface area (Å²) < 4.78 is 7.71. The number of para-hydroxylation sites is 1. The zero-order valence-electron chi connectivity index (χ0n) is 11.8. The lowest BCUT2D eigenvalue weighted by atomic mass is 10.2. The van der Waals surface area contributed by atoms with E-state index in [-0.39, 0.29) is 0 Å². The van der Waals surface area contributed by atoms with Crippen LogP contribution in [0.1, 0.15) is 5.69 Å². The number of aromatic nitrogens is 4. The molecular weight excluding hydrogens is 276 g/mol. The Morgan fingerprint density at radius 3 is 2.82 bits per heavy atom. The summed E-state index contributed by atoms with van der Waals surface area (Å²) in [6.07, 6.45) is 5.33. The maximum absolute atomic E-state index is 5.80. The second-order valence-electron chi connectivity index (χ2n) is 4.96. The van der Waals surface area contributed by atoms with Crippen molar-refractivity contribution in [3.63, 3.8) is 0 Å². The van der Waals surface area contributed by atoms with E-state index in [4.69, 9.17) is 4.74 Å². The molecule has 0 saturated heterocycles. The molecule has 0 unspecified atom stereocenters. The van der Waals surface area contributed by atoms with Crippen molar-refractivity contribution < 1.29 is 4.74 Å². The van der Waals surface area contributed by atoms with Crippen molar-refractivity contribution in [3.05, 3.63) is 72.9 Å². The first kappa shape index (κ1) is 12.6. The highest BCUT2D eigenvalue weighted by molar-refractivity contribution is 5.81. The number of imidazole rings is 1. The largest absolute Gasteiger partial charge is 0.487 e. The van der Waals surface area contributed by atoms with Crippen LogP contribution in [0.25, 0.3) is 16.6 Å². The van der Waals surface area contributed by atoms with E-state index in [0.717, 1.165) is 28.0 Å². The van der Waals surface area contributed by atoms with Crippen LogP contribution >= 0.6 is 0 Å². The Hall–Kier alpha value is -3.08. The van der Waals surface area contributed by atoms with Gasteiger partial charge in [-0.3, -0.25) is 0 Å². The van der Waals surface area contributed by atoms with Crippen molar-refractivity contribution in [2.75, 3.05) is 0 Å². The lowest BCUT2D eigenvalue weighted by Gasteiger charge is -2.06. The second-order valence-corrected chi connectivity index (χ2v) is 4.96. The van der Waals surface area contributed by atoms with Crippen molar-refractivity contribution in [2.45, 2.75) is 6.61 Å². The van der Waals surface area contributed by atoms with Crippen LogP contribution in [-0.2, 0) is 6.61 Å². The number of ether oxygens (including phenoxy) is 1. The van der Waals surface area contributed by atoms with E-state index >= 15 is 0 Å². The Labute approximate surface area is 127 Å². The Balaban J connectivity index is 1.67. The van der Waals surface area contributed by atoms with Gasteiger partial charge in [0.05, 0.1) is 29.4 Å². The molecule has 0 aliphatic carbocycles. The summed E-state index contributed by atoms with van der Waals surface area (Å²) in [7, 11) is 0. The molecule has 2 aromatic heterocycles. The van der Waals surface area contributed by atoms with Crippen LogP contribution in [0, 0.1) is 0 Å². The normalized spacial score (nSPS) is 10.9. The van der Waals surface area contributed by atoms with Gasteiger partial charge in [-0.15, -0.1) is 0 Å². The average molecular weight is 290 g/mol. The quantitative estimate of drug-likeness (QED) is 0.627. The summed E-state index contributed by atoms with van der Waals surface area (Å²) in [6.45, 7) is 0.439. The number of nitrogens with zero attached hydrogens (tertiary/aromatic N) is 3. The van der Waals surface area contributed by atoms with Crippen LogP contribution in [-0.4, -0.2) is 19.7 Å². The molecule has 4 rings (SSSR count). The van der Waals surface area contributed by atoms with Crippen LogP contribution < -0.4 is 4.74 Å². The van der Waals surface area contributed by atoms with E-state index in [1.165, 1.54) is 0 Å². The van der Waals surface area contributed by atoms with Gasteiger partial charge in [-0.25, -0.2) is 9.67 Å². The molecular formula is C17H14N4O. The lowest BCUT2D eigenvalue weighted by molar-refractivity contribution is 0.302. The number of nitrogens with one attached hydrogen (secondary N) is 1. The predicted octanol–water partition coefficient (Wildman–Crippen LogP) is 3.33. The molecule has 0 aliphatic heterocycles. The molecule has 0 fully saturated rings. The van der Waals surface area contributed by atoms with Gasteiger partial charge in [0.25, 0.3) is 0 Å². The van der Waals surface area contributed by atoms with E-state index in [2.05, 4.69) is 15.1 Å². The van der Waals surface area contributed by atoms with Gasteiger partial charge in [-0.05, 0) is 24.3 Å². The van der Waals surface area contributed by atoms with E-state index < -0.39 is 0 Å². The summed E-state index contributed by atoms with van der Waals surface area (Å²) in [5.74, 6) is 0.799. The molecule has 2 aromatic carbocycles. The molecule has 0 bridgehead atoms. The maximum atomic E-state index is 5.80. The Morgan fingerprint density at radius 2 is 2.00 bits per heavy atom. The van der Waals surface area contributed by atoms with Gasteiger partial charge in [0.2, 0.25) is 0 Å².